The van der Waals surface area contributed by atoms with E-state index in [4.69, 9.17) is 18.9 Å². The minimum atomic E-state index is -1.26. The summed E-state index contributed by atoms with van der Waals surface area (Å²) in [7, 11) is 4.62. The van der Waals surface area contributed by atoms with Gasteiger partial charge in [0, 0.05) is 11.8 Å². The van der Waals surface area contributed by atoms with Gasteiger partial charge in [0.2, 0.25) is 11.6 Å². The van der Waals surface area contributed by atoms with Crippen LogP contribution >= 0.6 is 0 Å². The van der Waals surface area contributed by atoms with E-state index in [2.05, 4.69) is 9.47 Å². The minimum absolute atomic E-state index is 0.243. The summed E-state index contributed by atoms with van der Waals surface area (Å²) in [5, 5.41) is 22.3. The first-order valence-electron chi connectivity index (χ1n) is 13.6. The van der Waals surface area contributed by atoms with Gasteiger partial charge in [0.1, 0.15) is 11.5 Å². The van der Waals surface area contributed by atoms with Crippen LogP contribution in [0, 0.1) is 0 Å². The predicted octanol–water partition coefficient (Wildman–Crippen LogP) is 2.56. The zero-order valence-electron chi connectivity index (χ0n) is 25.4. The Bertz CT molecular complexity index is 1430. The van der Waals surface area contributed by atoms with E-state index in [9.17, 15) is 39.0 Å². The quantitative estimate of drug-likeness (QED) is 0.173. The van der Waals surface area contributed by atoms with Crippen LogP contribution in [0.25, 0.3) is 0 Å². The number of methoxy groups -OCH3 is 4. The third-order valence-corrected chi connectivity index (χ3v) is 7.06. The molecule has 244 valence electrons. The normalized spacial score (nSPS) is 14.3. The van der Waals surface area contributed by atoms with Crippen LogP contribution in [0.1, 0.15) is 35.8 Å². The van der Waals surface area contributed by atoms with Crippen molar-refractivity contribution in [2.45, 2.75) is 24.7 Å². The first-order chi connectivity index (χ1) is 21.9. The average molecular weight is 641 g/mol. The lowest BCUT2D eigenvalue weighted by molar-refractivity contribution is -0.143. The molecule has 0 spiro atoms. The van der Waals surface area contributed by atoms with Crippen LogP contribution in [-0.4, -0.2) is 87.3 Å². The molecule has 0 saturated carbocycles. The van der Waals surface area contributed by atoms with Crippen LogP contribution < -0.4 is 9.47 Å². The van der Waals surface area contributed by atoms with Crippen molar-refractivity contribution >= 4 is 35.4 Å². The highest BCUT2D eigenvalue weighted by Gasteiger charge is 2.43. The van der Waals surface area contributed by atoms with Crippen LogP contribution in [0.3, 0.4) is 0 Å². The maximum atomic E-state index is 13.7. The highest BCUT2D eigenvalue weighted by Crippen LogP contribution is 2.41. The number of hydrogen-bond acceptors (Lipinski definition) is 14. The van der Waals surface area contributed by atoms with Gasteiger partial charge in [-0.2, -0.15) is 0 Å². The average Bonchev–Trinajstić information content (AvgIpc) is 3.08. The van der Waals surface area contributed by atoms with Crippen LogP contribution in [0.4, 0.5) is 0 Å². The summed E-state index contributed by atoms with van der Waals surface area (Å²) >= 11 is 0. The molecule has 2 aromatic rings. The molecule has 0 heterocycles. The van der Waals surface area contributed by atoms with Crippen molar-refractivity contribution in [3.63, 3.8) is 0 Å². The maximum absolute atomic E-state index is 13.7. The van der Waals surface area contributed by atoms with E-state index in [1.54, 1.807) is 0 Å². The molecule has 2 aromatic carbocycles. The number of ether oxygens (including phenoxy) is 6. The number of carbonyl (C=O) groups excluding carboxylic acids is 6. The monoisotopic (exact) mass is 640 g/mol. The number of hydrogen-bond donors (Lipinski definition) is 2. The van der Waals surface area contributed by atoms with Gasteiger partial charge in [0.05, 0.1) is 52.4 Å². The number of carbonyl (C=O) groups is 6. The number of esters is 4. The fourth-order valence-electron chi connectivity index (χ4n) is 4.63. The van der Waals surface area contributed by atoms with Crippen LogP contribution in [-0.2, 0) is 47.7 Å². The van der Waals surface area contributed by atoms with Crippen molar-refractivity contribution in [1.82, 2.24) is 0 Å². The SMILES string of the molecule is COC(=O)COc1ccc(C(CC(=O)OC)C2=C(O)C(=O)C(C(CC(=O)OC)c3ccc(OCC(=O)OC)cc3)=C(O)C2=O)cc1. The molecular formula is C32H32O14. The lowest BCUT2D eigenvalue weighted by Gasteiger charge is -2.27. The number of Topliss-reactive ketones (excluding diaryl/α,β-unsaturated/α-hetero) is 2. The number of rotatable bonds is 14. The Kier molecular flexibility index (Phi) is 12.0. The molecule has 0 aliphatic heterocycles. The summed E-state index contributed by atoms with van der Waals surface area (Å²) in [5.41, 5.74) is -0.599. The number of aliphatic hydroxyl groups excluding tert-OH is 2. The first-order valence-corrected chi connectivity index (χ1v) is 13.6. The Labute approximate surface area is 263 Å². The Balaban J connectivity index is 2.02. The van der Waals surface area contributed by atoms with E-state index in [0.717, 1.165) is 14.2 Å². The van der Waals surface area contributed by atoms with E-state index in [1.165, 1.54) is 62.8 Å². The fourth-order valence-corrected chi connectivity index (χ4v) is 4.63. The highest BCUT2D eigenvalue weighted by molar-refractivity contribution is 6.24. The standard InChI is InChI=1S/C32H32O14/c1-41-23(33)13-21(17-5-9-19(10-6-17)45-15-25(35)43-3)27-29(37)31(39)28(32(40)30(27)38)22(14-24(34)42-2)18-7-11-20(12-8-18)46-16-26(36)44-4/h5-12,21-22,37,40H,13-16H2,1-4H3. The number of aliphatic hydroxyl groups is 2. The lowest BCUT2D eigenvalue weighted by atomic mass is 9.76. The molecule has 14 nitrogen and oxygen atoms in total. The van der Waals surface area contributed by atoms with Crippen LogP contribution in [0.5, 0.6) is 11.5 Å². The zero-order chi connectivity index (χ0) is 34.0. The van der Waals surface area contributed by atoms with Crippen molar-refractivity contribution in [1.29, 1.82) is 0 Å². The van der Waals surface area contributed by atoms with E-state index >= 15 is 0 Å². The molecular weight excluding hydrogens is 608 g/mol. The summed E-state index contributed by atoms with van der Waals surface area (Å²) in [5.74, 6) is -9.23. The van der Waals surface area contributed by atoms with Gasteiger partial charge >= 0.3 is 23.9 Å². The molecule has 46 heavy (non-hydrogen) atoms. The molecule has 2 N–H and O–H groups in total. The highest BCUT2D eigenvalue weighted by atomic mass is 16.6. The van der Waals surface area contributed by atoms with Gasteiger partial charge in [-0.1, -0.05) is 24.3 Å². The van der Waals surface area contributed by atoms with E-state index in [0.29, 0.717) is 0 Å². The van der Waals surface area contributed by atoms with Crippen molar-refractivity contribution in [3.05, 3.63) is 82.3 Å². The topological polar surface area (TPSA) is 198 Å². The summed E-state index contributed by atoms with van der Waals surface area (Å²) in [6.45, 7) is -0.754. The minimum Gasteiger partial charge on any atom is -0.504 e. The summed E-state index contributed by atoms with van der Waals surface area (Å²) in [6, 6.07) is 11.5. The molecule has 1 aliphatic rings. The van der Waals surface area contributed by atoms with Gasteiger partial charge < -0.3 is 38.6 Å². The van der Waals surface area contributed by atoms with Gasteiger partial charge in [-0.15, -0.1) is 0 Å². The Morgan fingerprint density at radius 3 is 1.13 bits per heavy atom. The van der Waals surface area contributed by atoms with Gasteiger partial charge in [0.25, 0.3) is 0 Å². The second-order valence-electron chi connectivity index (χ2n) is 9.72. The zero-order valence-corrected chi connectivity index (χ0v) is 25.4. The molecule has 14 heteroatoms. The number of ketones is 2. The Morgan fingerprint density at radius 1 is 0.543 bits per heavy atom. The van der Waals surface area contributed by atoms with E-state index < -0.39 is 82.8 Å². The molecule has 2 atom stereocenters. The second-order valence-corrected chi connectivity index (χ2v) is 9.72. The maximum Gasteiger partial charge on any atom is 0.343 e. The van der Waals surface area contributed by atoms with Gasteiger partial charge in [-0.25, -0.2) is 9.59 Å². The molecule has 2 unspecified atom stereocenters. The second kappa shape index (κ2) is 15.9. The molecule has 0 radical (unpaired) electrons. The van der Waals surface area contributed by atoms with Gasteiger partial charge in [-0.3, -0.25) is 19.2 Å². The summed E-state index contributed by atoms with van der Waals surface area (Å²) in [6.07, 6.45) is -1.00. The predicted molar refractivity (Wildman–Crippen MR) is 156 cm³/mol. The third kappa shape index (κ3) is 8.28. The fraction of sp³-hybridized carbons (Fsp3) is 0.312. The lowest BCUT2D eigenvalue weighted by Crippen LogP contribution is -2.31. The van der Waals surface area contributed by atoms with Crippen LogP contribution in [0.15, 0.2) is 71.2 Å². The largest absolute Gasteiger partial charge is 0.504 e. The number of allylic oxidation sites excluding steroid dienone is 2. The van der Waals surface area contributed by atoms with Crippen molar-refractivity contribution < 1.29 is 67.4 Å². The molecule has 0 fully saturated rings. The smallest absolute Gasteiger partial charge is 0.343 e. The first kappa shape index (κ1) is 34.8. The van der Waals surface area contributed by atoms with E-state index in [-0.39, 0.29) is 35.8 Å². The summed E-state index contributed by atoms with van der Waals surface area (Å²) < 4.78 is 29.2. The van der Waals surface area contributed by atoms with Crippen LogP contribution in [0.2, 0.25) is 0 Å². The number of benzene rings is 2. The van der Waals surface area contributed by atoms with Gasteiger partial charge in [-0.05, 0) is 35.4 Å². The van der Waals surface area contributed by atoms with Crippen molar-refractivity contribution in [2.24, 2.45) is 0 Å². The molecule has 0 amide bonds. The molecule has 1 aliphatic carbocycles. The third-order valence-electron chi connectivity index (χ3n) is 7.06. The molecule has 0 saturated heterocycles. The van der Waals surface area contributed by atoms with Crippen molar-refractivity contribution in [2.75, 3.05) is 41.7 Å². The Hall–Kier alpha value is -5.66. The molecule has 3 rings (SSSR count). The Morgan fingerprint density at radius 2 is 0.848 bits per heavy atom. The summed E-state index contributed by atoms with van der Waals surface area (Å²) in [4.78, 5) is 74.9. The van der Waals surface area contributed by atoms with Crippen molar-refractivity contribution in [3.8, 4) is 11.5 Å². The molecule has 0 aromatic heterocycles. The van der Waals surface area contributed by atoms with Gasteiger partial charge in [0.15, 0.2) is 24.7 Å². The van der Waals surface area contributed by atoms with E-state index in [1.807, 2.05) is 0 Å². The molecule has 0 bridgehead atoms.